The summed E-state index contributed by atoms with van der Waals surface area (Å²) in [5.41, 5.74) is -0.694. The van der Waals surface area contributed by atoms with Gasteiger partial charge in [-0.25, -0.2) is 4.79 Å². The fourth-order valence-corrected chi connectivity index (χ4v) is 1.11. The van der Waals surface area contributed by atoms with Gasteiger partial charge in [0.1, 0.15) is 0 Å². The first kappa shape index (κ1) is 13.3. The zero-order valence-electron chi connectivity index (χ0n) is 8.01. The number of anilines is 1. The van der Waals surface area contributed by atoms with Crippen LogP contribution in [0.2, 0.25) is 5.02 Å². The number of hydrogen-bond donors (Lipinski definition) is 2. The molecular formula is C9H5ClF3NO3. The normalized spacial score (nSPS) is 11.1. The van der Waals surface area contributed by atoms with E-state index in [1.807, 2.05) is 0 Å². The highest BCUT2D eigenvalue weighted by molar-refractivity contribution is 6.33. The number of hydrogen-bond acceptors (Lipinski definition) is 2. The molecule has 0 aliphatic rings. The third-order valence-corrected chi connectivity index (χ3v) is 2.05. The molecule has 92 valence electrons. The molecule has 0 unspecified atom stereocenters. The van der Waals surface area contributed by atoms with Crippen molar-refractivity contribution in [1.29, 1.82) is 0 Å². The van der Waals surface area contributed by atoms with Crippen LogP contribution in [0.5, 0.6) is 0 Å². The lowest BCUT2D eigenvalue weighted by Crippen LogP contribution is -2.30. The topological polar surface area (TPSA) is 66.4 Å². The molecule has 1 rings (SSSR count). The number of halogens is 4. The monoisotopic (exact) mass is 267 g/mol. The highest BCUT2D eigenvalue weighted by Gasteiger charge is 2.39. The van der Waals surface area contributed by atoms with Crippen molar-refractivity contribution in [2.75, 3.05) is 5.32 Å². The summed E-state index contributed by atoms with van der Waals surface area (Å²) in [4.78, 5) is 21.2. The second-order valence-corrected chi connectivity index (χ2v) is 3.36. The van der Waals surface area contributed by atoms with Gasteiger partial charge in [0.15, 0.2) is 0 Å². The number of carboxylic acids is 1. The van der Waals surface area contributed by atoms with Crippen molar-refractivity contribution in [3.8, 4) is 0 Å². The highest BCUT2D eigenvalue weighted by Crippen LogP contribution is 2.25. The van der Waals surface area contributed by atoms with Crippen molar-refractivity contribution in [1.82, 2.24) is 0 Å². The number of carbonyl (C=O) groups is 2. The van der Waals surface area contributed by atoms with Gasteiger partial charge in [-0.1, -0.05) is 11.6 Å². The van der Waals surface area contributed by atoms with Gasteiger partial charge in [-0.05, 0) is 18.2 Å². The van der Waals surface area contributed by atoms with Crippen LogP contribution in [-0.2, 0) is 4.79 Å². The highest BCUT2D eigenvalue weighted by atomic mass is 35.5. The number of alkyl halides is 3. The van der Waals surface area contributed by atoms with Gasteiger partial charge in [-0.3, -0.25) is 4.79 Å². The molecule has 1 aromatic rings. The van der Waals surface area contributed by atoms with Crippen LogP contribution in [0.4, 0.5) is 18.9 Å². The van der Waals surface area contributed by atoms with Crippen LogP contribution in [0.1, 0.15) is 10.4 Å². The molecule has 0 aliphatic heterocycles. The van der Waals surface area contributed by atoms with Crippen molar-refractivity contribution in [3.63, 3.8) is 0 Å². The van der Waals surface area contributed by atoms with Crippen molar-refractivity contribution in [2.45, 2.75) is 6.18 Å². The second kappa shape index (κ2) is 4.62. The van der Waals surface area contributed by atoms with Crippen LogP contribution in [0.25, 0.3) is 0 Å². The molecule has 17 heavy (non-hydrogen) atoms. The van der Waals surface area contributed by atoms with Gasteiger partial charge in [-0.2, -0.15) is 13.2 Å². The van der Waals surface area contributed by atoms with E-state index in [1.54, 1.807) is 0 Å². The zero-order chi connectivity index (χ0) is 13.2. The van der Waals surface area contributed by atoms with Crippen LogP contribution < -0.4 is 5.32 Å². The van der Waals surface area contributed by atoms with Crippen molar-refractivity contribution < 1.29 is 27.9 Å². The number of nitrogens with one attached hydrogen (secondary N) is 1. The molecule has 2 N–H and O–H groups in total. The van der Waals surface area contributed by atoms with E-state index in [4.69, 9.17) is 16.7 Å². The minimum absolute atomic E-state index is 0.187. The number of carbonyl (C=O) groups excluding carboxylic acids is 1. The van der Waals surface area contributed by atoms with E-state index in [1.165, 1.54) is 5.32 Å². The minimum Gasteiger partial charge on any atom is -0.478 e. The van der Waals surface area contributed by atoms with Crippen LogP contribution in [0.15, 0.2) is 18.2 Å². The number of aromatic carboxylic acids is 1. The predicted octanol–water partition coefficient (Wildman–Crippen LogP) is 2.54. The number of benzene rings is 1. The average Bonchev–Trinajstić information content (AvgIpc) is 2.19. The minimum atomic E-state index is -5.07. The number of amides is 1. The Morgan fingerprint density at radius 2 is 1.88 bits per heavy atom. The van der Waals surface area contributed by atoms with E-state index in [9.17, 15) is 22.8 Å². The molecular weight excluding hydrogens is 263 g/mol. The van der Waals surface area contributed by atoms with Gasteiger partial charge in [0.05, 0.1) is 16.3 Å². The van der Waals surface area contributed by atoms with Crippen LogP contribution >= 0.6 is 11.6 Å². The van der Waals surface area contributed by atoms with Crippen molar-refractivity contribution in [3.05, 3.63) is 28.8 Å². The summed E-state index contributed by atoms with van der Waals surface area (Å²) >= 11 is 5.52. The molecule has 8 heteroatoms. The molecule has 1 amide bonds. The summed E-state index contributed by atoms with van der Waals surface area (Å²) in [7, 11) is 0. The first-order valence-electron chi connectivity index (χ1n) is 4.13. The van der Waals surface area contributed by atoms with Crippen LogP contribution in [0, 0.1) is 0 Å². The largest absolute Gasteiger partial charge is 0.478 e. The standard InChI is InChI=1S/C9H5ClF3NO3/c10-5-2-1-4(7(15)16)3-6(5)14-8(17)9(11,12)13/h1-3H,(H,14,17)(H,15,16). The Morgan fingerprint density at radius 3 is 2.35 bits per heavy atom. The molecule has 0 aliphatic carbocycles. The third kappa shape index (κ3) is 3.35. The van der Waals surface area contributed by atoms with Crippen LogP contribution in [0.3, 0.4) is 0 Å². The smallest absolute Gasteiger partial charge is 0.471 e. The van der Waals surface area contributed by atoms with Crippen LogP contribution in [-0.4, -0.2) is 23.2 Å². The molecule has 4 nitrogen and oxygen atoms in total. The molecule has 0 heterocycles. The van der Waals surface area contributed by atoms with Gasteiger partial charge in [0.2, 0.25) is 0 Å². The maximum absolute atomic E-state index is 12.0. The molecule has 1 aromatic carbocycles. The summed E-state index contributed by atoms with van der Waals surface area (Å²) in [6.07, 6.45) is -5.07. The van der Waals surface area contributed by atoms with E-state index in [0.29, 0.717) is 0 Å². The zero-order valence-corrected chi connectivity index (χ0v) is 8.76. The average molecular weight is 268 g/mol. The maximum atomic E-state index is 12.0. The lowest BCUT2D eigenvalue weighted by Gasteiger charge is -2.09. The molecule has 0 saturated carbocycles. The fraction of sp³-hybridized carbons (Fsp3) is 0.111. The van der Waals surface area contributed by atoms with E-state index < -0.39 is 23.7 Å². The van der Waals surface area contributed by atoms with Crippen molar-refractivity contribution >= 4 is 29.2 Å². The summed E-state index contributed by atoms with van der Waals surface area (Å²) < 4.78 is 35.9. The van der Waals surface area contributed by atoms with Gasteiger partial charge < -0.3 is 10.4 Å². The molecule has 0 atom stereocenters. The predicted molar refractivity (Wildman–Crippen MR) is 53.1 cm³/mol. The summed E-state index contributed by atoms with van der Waals surface area (Å²) in [6, 6.07) is 3.03. The quantitative estimate of drug-likeness (QED) is 0.865. The lowest BCUT2D eigenvalue weighted by atomic mass is 10.2. The second-order valence-electron chi connectivity index (χ2n) is 2.95. The number of carboxylic acid groups (broad SMARTS) is 1. The van der Waals surface area contributed by atoms with E-state index in [-0.39, 0.29) is 10.6 Å². The van der Waals surface area contributed by atoms with E-state index >= 15 is 0 Å². The molecule has 0 spiro atoms. The molecule has 0 aromatic heterocycles. The summed E-state index contributed by atoms with van der Waals surface area (Å²) in [6.45, 7) is 0. The molecule has 0 bridgehead atoms. The van der Waals surface area contributed by atoms with E-state index in [2.05, 4.69) is 0 Å². The Labute approximate surface area is 98.0 Å². The maximum Gasteiger partial charge on any atom is 0.471 e. The lowest BCUT2D eigenvalue weighted by molar-refractivity contribution is -0.167. The van der Waals surface area contributed by atoms with E-state index in [0.717, 1.165) is 18.2 Å². The molecule has 0 radical (unpaired) electrons. The Kier molecular flexibility index (Phi) is 3.62. The third-order valence-electron chi connectivity index (χ3n) is 1.72. The SMILES string of the molecule is O=C(O)c1ccc(Cl)c(NC(=O)C(F)(F)F)c1. The first-order chi connectivity index (χ1) is 7.71. The Bertz CT molecular complexity index is 473. The number of rotatable bonds is 2. The molecule has 0 fully saturated rings. The first-order valence-corrected chi connectivity index (χ1v) is 4.50. The summed E-state index contributed by atoms with van der Waals surface area (Å²) in [5, 5.41) is 9.91. The Hall–Kier alpha value is -1.76. The fourth-order valence-electron chi connectivity index (χ4n) is 0.947. The Morgan fingerprint density at radius 1 is 1.29 bits per heavy atom. The summed E-state index contributed by atoms with van der Waals surface area (Å²) in [5.74, 6) is -3.56. The van der Waals surface area contributed by atoms with Crippen molar-refractivity contribution in [2.24, 2.45) is 0 Å². The van der Waals surface area contributed by atoms with Gasteiger partial charge in [0.25, 0.3) is 0 Å². The van der Waals surface area contributed by atoms with Gasteiger partial charge >= 0.3 is 18.1 Å². The molecule has 0 saturated heterocycles. The van der Waals surface area contributed by atoms with Gasteiger partial charge in [-0.15, -0.1) is 0 Å². The Balaban J connectivity index is 3.02. The van der Waals surface area contributed by atoms with Gasteiger partial charge in [0, 0.05) is 0 Å².